The van der Waals surface area contributed by atoms with E-state index in [0.29, 0.717) is 5.92 Å². The van der Waals surface area contributed by atoms with Crippen LogP contribution in [0.2, 0.25) is 0 Å². The number of rotatable bonds is 9. The van der Waals surface area contributed by atoms with Crippen molar-refractivity contribution in [1.29, 1.82) is 0 Å². The van der Waals surface area contributed by atoms with Gasteiger partial charge in [0, 0.05) is 4.48 Å². The van der Waals surface area contributed by atoms with Crippen LogP contribution in [0.15, 0.2) is 18.7 Å². The van der Waals surface area contributed by atoms with Crippen LogP contribution in [-0.4, -0.2) is 15.0 Å². The first-order valence-electron chi connectivity index (χ1n) is 7.61. The molecule has 1 rings (SSSR count). The Hall–Kier alpha value is -0.420. The second kappa shape index (κ2) is 9.57. The number of allylic oxidation sites excluding steroid dienone is 2. The van der Waals surface area contributed by atoms with E-state index < -0.39 is 0 Å². The van der Waals surface area contributed by atoms with Crippen molar-refractivity contribution < 1.29 is 0 Å². The van der Waals surface area contributed by atoms with E-state index in [1.165, 1.54) is 19.3 Å². The Bertz CT molecular complexity index is 480. The van der Waals surface area contributed by atoms with Crippen molar-refractivity contribution >= 4 is 36.3 Å². The zero-order chi connectivity index (χ0) is 15.8. The molecule has 0 N–H and O–H groups in total. The summed E-state index contributed by atoms with van der Waals surface area (Å²) in [6, 6.07) is 0. The molecule has 2 unspecified atom stereocenters. The van der Waals surface area contributed by atoms with Crippen LogP contribution >= 0.6 is 31.9 Å². The predicted octanol–water partition coefficient (Wildman–Crippen LogP) is 5.87. The van der Waals surface area contributed by atoms with Crippen molar-refractivity contribution in [2.24, 2.45) is 5.92 Å². The predicted molar refractivity (Wildman–Crippen MR) is 97.8 cm³/mol. The van der Waals surface area contributed by atoms with Gasteiger partial charge in [-0.25, -0.2) is 0 Å². The molecule has 1 aromatic rings. The largest absolute Gasteiger partial charge is 0.184 e. The average Bonchev–Trinajstić information content (AvgIpc) is 2.93. The Morgan fingerprint density at radius 1 is 1.38 bits per heavy atom. The molecule has 0 spiro atoms. The number of alkyl halides is 1. The smallest absolute Gasteiger partial charge is 0.124 e. The molecule has 0 bridgehead atoms. The van der Waals surface area contributed by atoms with E-state index in [2.05, 4.69) is 62.5 Å². The molecule has 0 aliphatic rings. The van der Waals surface area contributed by atoms with Crippen molar-refractivity contribution in [1.82, 2.24) is 15.0 Å². The van der Waals surface area contributed by atoms with Gasteiger partial charge >= 0.3 is 0 Å². The van der Waals surface area contributed by atoms with Crippen LogP contribution in [0.4, 0.5) is 0 Å². The summed E-state index contributed by atoms with van der Waals surface area (Å²) >= 11 is 7.15. The molecule has 0 fully saturated rings. The first-order valence-corrected chi connectivity index (χ1v) is 9.31. The van der Waals surface area contributed by atoms with Gasteiger partial charge in [-0.3, -0.25) is 0 Å². The molecule has 0 radical (unpaired) electrons. The molecule has 1 aromatic heterocycles. The van der Waals surface area contributed by atoms with E-state index in [-0.39, 0.29) is 4.83 Å². The molecule has 0 aromatic carbocycles. The van der Waals surface area contributed by atoms with Crippen LogP contribution in [0.3, 0.4) is 0 Å². The highest BCUT2D eigenvalue weighted by Gasteiger charge is 2.19. The van der Waals surface area contributed by atoms with Crippen LogP contribution in [-0.2, 0) is 6.54 Å². The molecule has 0 saturated carbocycles. The van der Waals surface area contributed by atoms with Gasteiger partial charge in [0.15, 0.2) is 0 Å². The maximum Gasteiger partial charge on any atom is 0.124 e. The molecule has 0 saturated heterocycles. The maximum absolute atomic E-state index is 4.66. The van der Waals surface area contributed by atoms with E-state index in [0.717, 1.165) is 28.8 Å². The summed E-state index contributed by atoms with van der Waals surface area (Å²) in [6.07, 6.45) is 8.74. The lowest BCUT2D eigenvalue weighted by atomic mass is 10.00. The molecule has 118 valence electrons. The van der Waals surface area contributed by atoms with E-state index in [4.69, 9.17) is 0 Å². The third kappa shape index (κ3) is 5.37. The minimum atomic E-state index is 0.0180. The lowest BCUT2D eigenvalue weighted by Gasteiger charge is -2.13. The second-order valence-electron chi connectivity index (χ2n) is 5.18. The van der Waals surface area contributed by atoms with Crippen molar-refractivity contribution in [3.63, 3.8) is 0 Å². The monoisotopic (exact) mass is 417 g/mol. The summed E-state index contributed by atoms with van der Waals surface area (Å²) in [5.74, 6) is 0.639. The van der Waals surface area contributed by atoms with Crippen LogP contribution < -0.4 is 0 Å². The average molecular weight is 419 g/mol. The summed E-state index contributed by atoms with van der Waals surface area (Å²) < 4.78 is 0.969. The highest BCUT2D eigenvalue weighted by molar-refractivity contribution is 9.15. The molecule has 1 heterocycles. The van der Waals surface area contributed by atoms with E-state index in [9.17, 15) is 0 Å². The minimum Gasteiger partial charge on any atom is -0.184 e. The van der Waals surface area contributed by atoms with Gasteiger partial charge in [-0.05, 0) is 35.2 Å². The molecule has 0 aliphatic carbocycles. The quantitative estimate of drug-likeness (QED) is 0.370. The Morgan fingerprint density at radius 3 is 2.62 bits per heavy atom. The van der Waals surface area contributed by atoms with Gasteiger partial charge in [-0.2, -0.15) is 15.0 Å². The lowest BCUT2D eigenvalue weighted by molar-refractivity contribution is 0.348. The molecule has 5 heteroatoms. The zero-order valence-corrected chi connectivity index (χ0v) is 16.3. The summed E-state index contributed by atoms with van der Waals surface area (Å²) in [7, 11) is 0. The van der Waals surface area contributed by atoms with Crippen molar-refractivity contribution in [2.75, 3.05) is 0 Å². The normalized spacial score (nSPS) is 15.0. The highest BCUT2D eigenvalue weighted by Crippen LogP contribution is 2.31. The first-order chi connectivity index (χ1) is 10.1. The van der Waals surface area contributed by atoms with Gasteiger partial charge in [-0.1, -0.05) is 61.2 Å². The van der Waals surface area contributed by atoms with Crippen LogP contribution in [0.5, 0.6) is 0 Å². The summed E-state index contributed by atoms with van der Waals surface area (Å²) in [4.78, 5) is 1.86. The van der Waals surface area contributed by atoms with Gasteiger partial charge in [-0.15, -0.1) is 6.58 Å². The number of aromatic nitrogens is 3. The summed E-state index contributed by atoms with van der Waals surface area (Å²) in [5, 5.41) is 9.32. The lowest BCUT2D eigenvalue weighted by Crippen LogP contribution is -2.13. The Kier molecular flexibility index (Phi) is 8.49. The number of hydrogen-bond donors (Lipinski definition) is 0. The molecule has 3 nitrogen and oxygen atoms in total. The Balaban J connectivity index is 2.98. The fourth-order valence-electron chi connectivity index (χ4n) is 2.19. The van der Waals surface area contributed by atoms with Crippen LogP contribution in [0.25, 0.3) is 4.48 Å². The second-order valence-corrected chi connectivity index (χ2v) is 7.02. The van der Waals surface area contributed by atoms with Gasteiger partial charge in [0.2, 0.25) is 0 Å². The van der Waals surface area contributed by atoms with Gasteiger partial charge < -0.3 is 0 Å². The third-order valence-electron chi connectivity index (χ3n) is 3.59. The zero-order valence-electron chi connectivity index (χ0n) is 13.1. The fourth-order valence-corrected chi connectivity index (χ4v) is 2.79. The minimum absolute atomic E-state index is 0.0180. The van der Waals surface area contributed by atoms with Gasteiger partial charge in [0.05, 0.1) is 11.4 Å². The topological polar surface area (TPSA) is 30.7 Å². The molecule has 0 amide bonds. The standard InChI is InChI=1S/C16H25Br2N3/c1-5-9-10-12(6-2)11-21-19-15(13(17)7-3)16(20-21)14(18)8-4/h7-8,12-13H,3,5-6,9-11H2,1-2,4H3/b14-8+. The number of nitrogens with zero attached hydrogens (tertiary/aromatic N) is 3. The molecular formula is C16H25Br2N3. The van der Waals surface area contributed by atoms with Crippen molar-refractivity contribution in [3.8, 4) is 0 Å². The SMILES string of the molecule is C=CC(Br)c1nn(CC(CC)CCCC)nc1/C(Br)=C\C. The number of unbranched alkanes of at least 4 members (excludes halogenated alkanes) is 1. The molecular weight excluding hydrogens is 394 g/mol. The Labute approximate surface area is 145 Å². The fraction of sp³-hybridized carbons (Fsp3) is 0.625. The summed E-state index contributed by atoms with van der Waals surface area (Å²) in [6.45, 7) is 11.2. The van der Waals surface area contributed by atoms with Gasteiger partial charge in [0.1, 0.15) is 11.4 Å². The van der Waals surface area contributed by atoms with Gasteiger partial charge in [0.25, 0.3) is 0 Å². The van der Waals surface area contributed by atoms with Crippen molar-refractivity contribution in [3.05, 3.63) is 30.1 Å². The Morgan fingerprint density at radius 2 is 2.10 bits per heavy atom. The van der Waals surface area contributed by atoms with Crippen LogP contribution in [0.1, 0.15) is 62.7 Å². The molecule has 2 atom stereocenters. The third-order valence-corrected chi connectivity index (χ3v) is 5.23. The summed E-state index contributed by atoms with van der Waals surface area (Å²) in [5.41, 5.74) is 1.81. The first kappa shape index (κ1) is 18.6. The van der Waals surface area contributed by atoms with E-state index in [1.807, 2.05) is 23.9 Å². The van der Waals surface area contributed by atoms with E-state index in [1.54, 1.807) is 0 Å². The number of hydrogen-bond acceptors (Lipinski definition) is 2. The molecule has 0 aliphatic heterocycles. The van der Waals surface area contributed by atoms with Crippen molar-refractivity contribution in [2.45, 2.75) is 57.8 Å². The van der Waals surface area contributed by atoms with E-state index >= 15 is 0 Å². The number of halogens is 2. The highest BCUT2D eigenvalue weighted by atomic mass is 79.9. The molecule has 21 heavy (non-hydrogen) atoms. The maximum atomic E-state index is 4.66. The van der Waals surface area contributed by atoms with Crippen LogP contribution in [0, 0.1) is 5.92 Å².